The zero-order valence-electron chi connectivity index (χ0n) is 9.72. The molecule has 4 heteroatoms. The summed E-state index contributed by atoms with van der Waals surface area (Å²) in [5, 5.41) is 9.86. The van der Waals surface area contributed by atoms with Crippen molar-refractivity contribution in [3.63, 3.8) is 0 Å². The minimum atomic E-state index is 0.484. The van der Waals surface area contributed by atoms with Gasteiger partial charge in [-0.2, -0.15) is 5.26 Å². The Morgan fingerprint density at radius 3 is 3.00 bits per heavy atom. The van der Waals surface area contributed by atoms with Crippen LogP contribution in [0, 0.1) is 11.3 Å². The van der Waals surface area contributed by atoms with Crippen LogP contribution in [0.3, 0.4) is 0 Å². The molecule has 0 saturated heterocycles. The summed E-state index contributed by atoms with van der Waals surface area (Å²) >= 11 is 1.58. The fraction of sp³-hybridized carbons (Fsp3) is 0.308. The van der Waals surface area contributed by atoms with Crippen molar-refractivity contribution < 1.29 is 4.74 Å². The molecule has 0 radical (unpaired) electrons. The lowest BCUT2D eigenvalue weighted by Gasteiger charge is -2.03. The second-order valence-electron chi connectivity index (χ2n) is 3.64. The molecule has 0 unspecified atom stereocenters. The Labute approximate surface area is 105 Å². The largest absolute Gasteiger partial charge is 0.383 e. The fourth-order valence-electron chi connectivity index (χ4n) is 1.81. The highest BCUT2D eigenvalue weighted by molar-refractivity contribution is 7.99. The Bertz CT molecular complexity index is 542. The van der Waals surface area contributed by atoms with Crippen LogP contribution in [0.4, 0.5) is 0 Å². The van der Waals surface area contributed by atoms with E-state index in [9.17, 15) is 0 Å². The van der Waals surface area contributed by atoms with E-state index in [-0.39, 0.29) is 0 Å². The average Bonchev–Trinajstić information content (AvgIpc) is 2.72. The predicted octanol–water partition coefficient (Wildman–Crippen LogP) is 2.90. The molecule has 1 heterocycles. The van der Waals surface area contributed by atoms with Crippen molar-refractivity contribution in [2.45, 2.75) is 11.4 Å². The van der Waals surface area contributed by atoms with Crippen LogP contribution in [0.5, 0.6) is 0 Å². The molecular weight excluding hydrogens is 232 g/mol. The van der Waals surface area contributed by atoms with E-state index in [4.69, 9.17) is 10.00 Å². The summed E-state index contributed by atoms with van der Waals surface area (Å²) in [6, 6.07) is 10.4. The first-order chi connectivity index (χ1) is 8.36. The van der Waals surface area contributed by atoms with Crippen LogP contribution >= 0.6 is 11.8 Å². The zero-order chi connectivity index (χ0) is 12.1. The van der Waals surface area contributed by atoms with Gasteiger partial charge in [-0.3, -0.25) is 0 Å². The summed E-state index contributed by atoms with van der Waals surface area (Å²) in [5.41, 5.74) is 1.20. The van der Waals surface area contributed by atoms with Crippen molar-refractivity contribution in [2.75, 3.05) is 19.5 Å². The normalized spacial score (nSPS) is 10.6. The molecule has 0 bridgehead atoms. The van der Waals surface area contributed by atoms with Gasteiger partial charge in [0.15, 0.2) is 0 Å². The van der Waals surface area contributed by atoms with Crippen LogP contribution in [-0.4, -0.2) is 24.0 Å². The highest BCUT2D eigenvalue weighted by atomic mass is 32.2. The number of fused-ring (bicyclic) bond motifs is 1. The number of rotatable bonds is 5. The van der Waals surface area contributed by atoms with E-state index in [0.29, 0.717) is 12.4 Å². The van der Waals surface area contributed by atoms with E-state index < -0.39 is 0 Å². The van der Waals surface area contributed by atoms with Crippen molar-refractivity contribution in [2.24, 2.45) is 0 Å². The van der Waals surface area contributed by atoms with Gasteiger partial charge in [0.05, 0.1) is 18.4 Å². The van der Waals surface area contributed by atoms with Gasteiger partial charge in [-0.15, -0.1) is 11.8 Å². The SMILES string of the molecule is COCCn1cc(SCC#N)c2ccccc21. The van der Waals surface area contributed by atoms with E-state index in [0.717, 1.165) is 6.54 Å². The van der Waals surface area contributed by atoms with Crippen molar-refractivity contribution in [1.82, 2.24) is 4.57 Å². The third-order valence-electron chi connectivity index (χ3n) is 2.58. The number of thioether (sulfide) groups is 1. The number of nitriles is 1. The second-order valence-corrected chi connectivity index (χ2v) is 4.66. The first kappa shape index (κ1) is 12.0. The minimum Gasteiger partial charge on any atom is -0.383 e. The first-order valence-corrected chi connectivity index (χ1v) is 6.42. The predicted molar refractivity (Wildman–Crippen MR) is 70.2 cm³/mol. The summed E-state index contributed by atoms with van der Waals surface area (Å²) in [5.74, 6) is 0.484. The summed E-state index contributed by atoms with van der Waals surface area (Å²) in [6.45, 7) is 1.53. The number of para-hydroxylation sites is 1. The third-order valence-corrected chi connectivity index (χ3v) is 3.49. The number of benzene rings is 1. The average molecular weight is 246 g/mol. The second kappa shape index (κ2) is 5.76. The highest BCUT2D eigenvalue weighted by Gasteiger charge is 2.07. The molecule has 0 fully saturated rings. The molecule has 0 aliphatic carbocycles. The van der Waals surface area contributed by atoms with Crippen molar-refractivity contribution in [3.05, 3.63) is 30.5 Å². The van der Waals surface area contributed by atoms with Gasteiger partial charge in [0.1, 0.15) is 0 Å². The maximum absolute atomic E-state index is 8.65. The molecule has 2 rings (SSSR count). The lowest BCUT2D eigenvalue weighted by Crippen LogP contribution is -2.02. The molecule has 0 spiro atoms. The molecular formula is C13H14N2OS. The van der Waals surface area contributed by atoms with Gasteiger partial charge >= 0.3 is 0 Å². The van der Waals surface area contributed by atoms with Gasteiger partial charge < -0.3 is 9.30 Å². The molecule has 0 atom stereocenters. The Morgan fingerprint density at radius 1 is 1.41 bits per heavy atom. The Hall–Kier alpha value is -1.44. The molecule has 0 aliphatic heterocycles. The van der Waals surface area contributed by atoms with Crippen molar-refractivity contribution >= 4 is 22.7 Å². The van der Waals surface area contributed by atoms with Crippen LogP contribution < -0.4 is 0 Å². The lowest BCUT2D eigenvalue weighted by molar-refractivity contribution is 0.188. The molecule has 0 saturated carbocycles. The monoisotopic (exact) mass is 246 g/mol. The highest BCUT2D eigenvalue weighted by Crippen LogP contribution is 2.29. The fourth-order valence-corrected chi connectivity index (χ4v) is 2.56. The number of methoxy groups -OCH3 is 1. The summed E-state index contributed by atoms with van der Waals surface area (Å²) in [4.78, 5) is 1.17. The van der Waals surface area contributed by atoms with E-state index in [2.05, 4.69) is 29.0 Å². The lowest BCUT2D eigenvalue weighted by atomic mass is 10.2. The van der Waals surface area contributed by atoms with E-state index in [1.807, 2.05) is 12.1 Å². The zero-order valence-corrected chi connectivity index (χ0v) is 10.5. The molecule has 1 aromatic heterocycles. The van der Waals surface area contributed by atoms with Crippen LogP contribution in [0.2, 0.25) is 0 Å². The van der Waals surface area contributed by atoms with Crippen molar-refractivity contribution in [1.29, 1.82) is 5.26 Å². The van der Waals surface area contributed by atoms with Gasteiger partial charge in [0, 0.05) is 35.6 Å². The molecule has 0 aliphatic rings. The minimum absolute atomic E-state index is 0.484. The van der Waals surface area contributed by atoms with Crippen LogP contribution in [0.25, 0.3) is 10.9 Å². The summed E-state index contributed by atoms with van der Waals surface area (Å²) < 4.78 is 7.28. The van der Waals surface area contributed by atoms with Gasteiger partial charge in [0.2, 0.25) is 0 Å². The van der Waals surface area contributed by atoms with E-state index in [1.54, 1.807) is 18.9 Å². The van der Waals surface area contributed by atoms with Gasteiger partial charge in [-0.1, -0.05) is 18.2 Å². The molecule has 88 valence electrons. The number of aromatic nitrogens is 1. The van der Waals surface area contributed by atoms with Crippen LogP contribution in [-0.2, 0) is 11.3 Å². The quantitative estimate of drug-likeness (QED) is 0.761. The number of hydrogen-bond acceptors (Lipinski definition) is 3. The first-order valence-electron chi connectivity index (χ1n) is 5.43. The Kier molecular flexibility index (Phi) is 4.08. The third kappa shape index (κ3) is 2.63. The molecule has 0 amide bonds. The van der Waals surface area contributed by atoms with Crippen LogP contribution in [0.15, 0.2) is 35.4 Å². The molecule has 0 N–H and O–H groups in total. The number of ether oxygens (including phenoxy) is 1. The van der Waals surface area contributed by atoms with E-state index >= 15 is 0 Å². The van der Waals surface area contributed by atoms with E-state index in [1.165, 1.54) is 15.8 Å². The molecule has 1 aromatic carbocycles. The maximum Gasteiger partial charge on any atom is 0.0856 e. The van der Waals surface area contributed by atoms with Crippen molar-refractivity contribution in [3.8, 4) is 6.07 Å². The maximum atomic E-state index is 8.65. The summed E-state index contributed by atoms with van der Waals surface area (Å²) in [6.07, 6.45) is 2.10. The van der Waals surface area contributed by atoms with Gasteiger partial charge in [-0.05, 0) is 6.07 Å². The van der Waals surface area contributed by atoms with Gasteiger partial charge in [0.25, 0.3) is 0 Å². The van der Waals surface area contributed by atoms with Crippen LogP contribution in [0.1, 0.15) is 0 Å². The molecule has 17 heavy (non-hydrogen) atoms. The number of nitrogens with zero attached hydrogens (tertiary/aromatic N) is 2. The molecule has 2 aromatic rings. The Morgan fingerprint density at radius 2 is 2.24 bits per heavy atom. The number of hydrogen-bond donors (Lipinski definition) is 0. The topological polar surface area (TPSA) is 38.0 Å². The standard InChI is InChI=1S/C13H14N2OS/c1-16-8-7-15-10-13(17-9-6-14)11-4-2-3-5-12(11)15/h2-5,10H,7-9H2,1H3. The smallest absolute Gasteiger partial charge is 0.0856 e. The van der Waals surface area contributed by atoms with Gasteiger partial charge in [-0.25, -0.2) is 0 Å². The summed E-state index contributed by atoms with van der Waals surface area (Å²) in [7, 11) is 1.71. The molecule has 3 nitrogen and oxygen atoms in total. The Balaban J connectivity index is 2.36.